The number of fused-ring (bicyclic) bond motifs is 1. The third kappa shape index (κ3) is 4.72. The standard InChI is InChI=1S/C11H16N4O11P2/c16-8-5(1-15-4-14-7-10(15)12-3-13-11(7)18)25-6(9(8)17)2-24-28(22,23)26-27(19,20)21/h3-6,8-9,16-17H,1-2H2,(H,22,23)(H,12,13,18)(H2,19,20,21)/t5-,6+,8?,9-/m0/s1. The highest BCUT2D eigenvalue weighted by atomic mass is 31.3. The number of imidazole rings is 1. The Labute approximate surface area is 155 Å². The zero-order valence-electron chi connectivity index (χ0n) is 13.8. The van der Waals surface area contributed by atoms with E-state index in [9.17, 15) is 29.0 Å². The highest BCUT2D eigenvalue weighted by Crippen LogP contribution is 2.57. The maximum Gasteiger partial charge on any atom is 0.481 e. The van der Waals surface area contributed by atoms with Crippen LogP contribution in [0.1, 0.15) is 0 Å². The molecule has 0 spiro atoms. The molecule has 2 unspecified atom stereocenters. The molecule has 1 fully saturated rings. The van der Waals surface area contributed by atoms with E-state index >= 15 is 0 Å². The first-order valence-corrected chi connectivity index (χ1v) is 10.6. The van der Waals surface area contributed by atoms with Crippen molar-refractivity contribution in [1.82, 2.24) is 19.5 Å². The third-order valence-corrected chi connectivity index (χ3v) is 6.01. The van der Waals surface area contributed by atoms with Crippen LogP contribution in [0.25, 0.3) is 11.2 Å². The van der Waals surface area contributed by atoms with Crippen LogP contribution in [0.5, 0.6) is 0 Å². The van der Waals surface area contributed by atoms with Crippen molar-refractivity contribution in [3.05, 3.63) is 23.0 Å². The minimum absolute atomic E-state index is 0.0613. The molecule has 15 nitrogen and oxygen atoms in total. The number of nitrogens with one attached hydrogen (secondary N) is 1. The Bertz CT molecular complexity index is 1000. The zero-order valence-corrected chi connectivity index (χ0v) is 15.6. The summed E-state index contributed by atoms with van der Waals surface area (Å²) >= 11 is 0. The average Bonchev–Trinajstić information content (AvgIpc) is 3.09. The van der Waals surface area contributed by atoms with Crippen LogP contribution in [0.2, 0.25) is 0 Å². The van der Waals surface area contributed by atoms with E-state index in [1.165, 1.54) is 17.2 Å². The molecule has 2 aromatic rings. The van der Waals surface area contributed by atoms with Crippen LogP contribution < -0.4 is 5.56 Å². The van der Waals surface area contributed by atoms with Gasteiger partial charge in [-0.05, 0) is 0 Å². The number of phosphoric acid groups is 2. The molecule has 3 heterocycles. The summed E-state index contributed by atoms with van der Waals surface area (Å²) in [6.45, 7) is -0.872. The van der Waals surface area contributed by atoms with Crippen molar-refractivity contribution in [2.24, 2.45) is 0 Å². The number of hydrogen-bond donors (Lipinski definition) is 6. The normalized spacial score (nSPS) is 27.9. The molecule has 1 saturated heterocycles. The number of hydrogen-bond acceptors (Lipinski definition) is 10. The van der Waals surface area contributed by atoms with Crippen molar-refractivity contribution in [2.75, 3.05) is 6.61 Å². The first kappa shape index (κ1) is 21.2. The van der Waals surface area contributed by atoms with Crippen LogP contribution in [0, 0.1) is 0 Å². The number of aromatic nitrogens is 4. The van der Waals surface area contributed by atoms with E-state index in [0.717, 1.165) is 0 Å². The Morgan fingerprint density at radius 1 is 1.18 bits per heavy atom. The summed E-state index contributed by atoms with van der Waals surface area (Å²) in [6.07, 6.45) is -2.84. The van der Waals surface area contributed by atoms with E-state index in [1.54, 1.807) is 0 Å². The van der Waals surface area contributed by atoms with Crippen molar-refractivity contribution < 1.29 is 47.6 Å². The Hall–Kier alpha value is -1.51. The Morgan fingerprint density at radius 3 is 2.54 bits per heavy atom. The van der Waals surface area contributed by atoms with Crippen LogP contribution in [0.3, 0.4) is 0 Å². The fourth-order valence-corrected chi connectivity index (χ4v) is 4.26. The second-order valence-corrected chi connectivity index (χ2v) is 8.66. The van der Waals surface area contributed by atoms with E-state index in [-0.39, 0.29) is 17.7 Å². The number of nitrogens with zero attached hydrogens (tertiary/aromatic N) is 3. The van der Waals surface area contributed by atoms with Crippen molar-refractivity contribution in [1.29, 1.82) is 0 Å². The maximum absolute atomic E-state index is 11.6. The van der Waals surface area contributed by atoms with Crippen molar-refractivity contribution >= 4 is 26.8 Å². The smallest absolute Gasteiger partial charge is 0.388 e. The van der Waals surface area contributed by atoms with Gasteiger partial charge in [0, 0.05) is 0 Å². The molecular formula is C11H16N4O11P2. The van der Waals surface area contributed by atoms with E-state index in [4.69, 9.17) is 14.5 Å². The number of phosphoric ester groups is 1. The van der Waals surface area contributed by atoms with Crippen LogP contribution >= 0.6 is 15.6 Å². The van der Waals surface area contributed by atoms with Gasteiger partial charge in [0.05, 0.1) is 25.8 Å². The van der Waals surface area contributed by atoms with Gasteiger partial charge in [-0.2, -0.15) is 4.31 Å². The summed E-state index contributed by atoms with van der Waals surface area (Å²) in [5.41, 5.74) is -0.193. The summed E-state index contributed by atoms with van der Waals surface area (Å²) < 4.78 is 36.9. The maximum atomic E-state index is 11.6. The van der Waals surface area contributed by atoms with Gasteiger partial charge in [-0.3, -0.25) is 9.32 Å². The zero-order chi connectivity index (χ0) is 20.7. The molecule has 156 valence electrons. The fraction of sp³-hybridized carbons (Fsp3) is 0.545. The van der Waals surface area contributed by atoms with Gasteiger partial charge in [-0.1, -0.05) is 0 Å². The number of rotatable bonds is 7. The summed E-state index contributed by atoms with van der Waals surface area (Å²) in [7, 11) is -10.4. The summed E-state index contributed by atoms with van der Waals surface area (Å²) in [6, 6.07) is 0. The third-order valence-electron chi connectivity index (χ3n) is 3.86. The Kier molecular flexibility index (Phi) is 5.85. The minimum atomic E-state index is -5.29. The van der Waals surface area contributed by atoms with Gasteiger partial charge in [0.2, 0.25) is 0 Å². The molecule has 0 bridgehead atoms. The van der Waals surface area contributed by atoms with Crippen LogP contribution in [0.15, 0.2) is 17.4 Å². The second-order valence-electron chi connectivity index (χ2n) is 5.83. The molecule has 6 N–H and O–H groups in total. The molecule has 5 atom stereocenters. The lowest BCUT2D eigenvalue weighted by molar-refractivity contribution is -0.0257. The Balaban J connectivity index is 1.67. The van der Waals surface area contributed by atoms with E-state index in [1.807, 2.05) is 0 Å². The molecule has 0 aromatic carbocycles. The van der Waals surface area contributed by atoms with E-state index in [0.29, 0.717) is 0 Å². The fourth-order valence-electron chi connectivity index (χ4n) is 2.66. The quantitative estimate of drug-likeness (QED) is 0.251. The molecule has 2 aromatic heterocycles. The average molecular weight is 442 g/mol. The van der Waals surface area contributed by atoms with Crippen molar-refractivity contribution in [3.63, 3.8) is 0 Å². The summed E-state index contributed by atoms with van der Waals surface area (Å²) in [4.78, 5) is 48.2. The number of H-pyrrole nitrogens is 1. The lowest BCUT2D eigenvalue weighted by Crippen LogP contribution is -2.35. The van der Waals surface area contributed by atoms with Gasteiger partial charge in [0.25, 0.3) is 5.56 Å². The summed E-state index contributed by atoms with van der Waals surface area (Å²) in [5.74, 6) is 0. The first-order chi connectivity index (χ1) is 13.0. The molecule has 0 radical (unpaired) electrons. The van der Waals surface area contributed by atoms with Crippen molar-refractivity contribution in [2.45, 2.75) is 31.0 Å². The van der Waals surface area contributed by atoms with Crippen LogP contribution in [-0.2, 0) is 29.2 Å². The molecule has 1 aliphatic rings. The molecule has 1 aliphatic heterocycles. The lowest BCUT2D eigenvalue weighted by atomic mass is 10.1. The van der Waals surface area contributed by atoms with Gasteiger partial charge in [0.1, 0.15) is 24.4 Å². The van der Waals surface area contributed by atoms with Crippen LogP contribution in [0.4, 0.5) is 0 Å². The van der Waals surface area contributed by atoms with Crippen molar-refractivity contribution in [3.8, 4) is 0 Å². The van der Waals surface area contributed by atoms with E-state index < -0.39 is 52.2 Å². The molecule has 0 saturated carbocycles. The first-order valence-electron chi connectivity index (χ1n) is 7.61. The predicted octanol–water partition coefficient (Wildman–Crippen LogP) is -2.16. The summed E-state index contributed by atoms with van der Waals surface area (Å²) in [5, 5.41) is 20.2. The molecular weight excluding hydrogens is 426 g/mol. The molecule has 17 heteroatoms. The highest BCUT2D eigenvalue weighted by Gasteiger charge is 2.44. The van der Waals surface area contributed by atoms with Gasteiger partial charge >= 0.3 is 15.6 Å². The highest BCUT2D eigenvalue weighted by molar-refractivity contribution is 7.60. The molecule has 28 heavy (non-hydrogen) atoms. The monoisotopic (exact) mass is 442 g/mol. The number of aliphatic hydroxyl groups is 2. The SMILES string of the molecule is O=c1[nH]cnc2c1ncn2C[C@@H]1O[C@H](COP(=O)(O)OP(=O)(O)O)[C@H](O)C1O. The largest absolute Gasteiger partial charge is 0.481 e. The van der Waals surface area contributed by atoms with Gasteiger partial charge in [0.15, 0.2) is 11.2 Å². The number of ether oxygens (including phenoxy) is 1. The van der Waals surface area contributed by atoms with Gasteiger partial charge in [-0.15, -0.1) is 0 Å². The lowest BCUT2D eigenvalue weighted by Gasteiger charge is -2.17. The Morgan fingerprint density at radius 2 is 1.86 bits per heavy atom. The molecule has 3 rings (SSSR count). The number of aliphatic hydroxyl groups excluding tert-OH is 2. The second kappa shape index (κ2) is 7.72. The van der Waals surface area contributed by atoms with Crippen LogP contribution in [-0.4, -0.2) is 75.4 Å². The van der Waals surface area contributed by atoms with E-state index in [2.05, 4.69) is 23.8 Å². The molecule has 0 amide bonds. The number of aromatic amines is 1. The van der Waals surface area contributed by atoms with Gasteiger partial charge < -0.3 is 39.2 Å². The predicted molar refractivity (Wildman–Crippen MR) is 87.7 cm³/mol. The van der Waals surface area contributed by atoms with Gasteiger partial charge in [-0.25, -0.2) is 19.1 Å². The molecule has 0 aliphatic carbocycles. The minimum Gasteiger partial charge on any atom is -0.388 e. The topological polar surface area (TPSA) is 227 Å².